The van der Waals surface area contributed by atoms with E-state index in [-0.39, 0.29) is 12.1 Å². The Balaban J connectivity index is 2.15. The van der Waals surface area contributed by atoms with Crippen LogP contribution in [0.5, 0.6) is 0 Å². The number of amides is 1. The van der Waals surface area contributed by atoms with Crippen molar-refractivity contribution in [2.75, 3.05) is 13.1 Å². The fraction of sp³-hybridized carbons (Fsp3) is 0.500. The molecule has 0 spiro atoms. The minimum atomic E-state index is 0.105. The largest absolute Gasteiger partial charge is 0.322 e. The second-order valence-electron chi connectivity index (χ2n) is 3.43. The van der Waals surface area contributed by atoms with Gasteiger partial charge in [-0.3, -0.25) is 10.1 Å². The van der Waals surface area contributed by atoms with Crippen molar-refractivity contribution in [2.24, 2.45) is 0 Å². The molecule has 1 aliphatic rings. The zero-order chi connectivity index (χ0) is 9.97. The summed E-state index contributed by atoms with van der Waals surface area (Å²) in [7, 11) is 0. The monoisotopic (exact) mass is 210 g/mol. The predicted molar refractivity (Wildman–Crippen MR) is 57.1 cm³/mol. The van der Waals surface area contributed by atoms with Crippen molar-refractivity contribution >= 4 is 17.2 Å². The van der Waals surface area contributed by atoms with Gasteiger partial charge in [-0.05, 0) is 28.8 Å². The number of nitrogens with zero attached hydrogens (tertiary/aromatic N) is 1. The molecule has 2 heterocycles. The zero-order valence-corrected chi connectivity index (χ0v) is 9.01. The quantitative estimate of drug-likeness (QED) is 0.821. The van der Waals surface area contributed by atoms with E-state index in [0.717, 1.165) is 13.0 Å². The summed E-state index contributed by atoms with van der Waals surface area (Å²) in [5.41, 5.74) is 1.20. The van der Waals surface area contributed by atoms with E-state index in [2.05, 4.69) is 23.7 Å². The smallest absolute Gasteiger partial charge is 0.238 e. The summed E-state index contributed by atoms with van der Waals surface area (Å²) in [6.45, 7) is 3.41. The second kappa shape index (κ2) is 4.11. The van der Waals surface area contributed by atoms with Crippen LogP contribution in [0, 0.1) is 0 Å². The molecule has 0 aliphatic carbocycles. The first-order valence-electron chi connectivity index (χ1n) is 4.88. The summed E-state index contributed by atoms with van der Waals surface area (Å²) in [4.78, 5) is 13.5. The predicted octanol–water partition coefficient (Wildman–Crippen LogP) is 1.59. The highest BCUT2D eigenvalue weighted by Crippen LogP contribution is 2.24. The maximum atomic E-state index is 11.5. The van der Waals surface area contributed by atoms with Crippen LogP contribution in [0.3, 0.4) is 0 Å². The van der Waals surface area contributed by atoms with Gasteiger partial charge in [-0.25, -0.2) is 0 Å². The van der Waals surface area contributed by atoms with Crippen LogP contribution in [-0.2, 0) is 4.79 Å². The molecular weight excluding hydrogens is 196 g/mol. The van der Waals surface area contributed by atoms with E-state index in [0.29, 0.717) is 6.54 Å². The number of carbonyl (C=O) groups excluding carboxylic acids is 1. The highest BCUT2D eigenvalue weighted by atomic mass is 32.1. The van der Waals surface area contributed by atoms with Crippen LogP contribution in [0.2, 0.25) is 0 Å². The third-order valence-corrected chi connectivity index (χ3v) is 3.10. The number of hydrogen-bond acceptors (Lipinski definition) is 3. The molecule has 1 aromatic rings. The Labute approximate surface area is 87.7 Å². The van der Waals surface area contributed by atoms with Gasteiger partial charge in [0.25, 0.3) is 0 Å². The Morgan fingerprint density at radius 3 is 3.21 bits per heavy atom. The van der Waals surface area contributed by atoms with E-state index in [1.54, 1.807) is 11.3 Å². The van der Waals surface area contributed by atoms with Crippen molar-refractivity contribution in [3.63, 3.8) is 0 Å². The van der Waals surface area contributed by atoms with Crippen molar-refractivity contribution in [3.05, 3.63) is 22.4 Å². The Kier molecular flexibility index (Phi) is 2.84. The molecule has 0 radical (unpaired) electrons. The SMILES string of the molecule is CCCN1C(=O)CNC1c1ccsc1. The Hall–Kier alpha value is -0.870. The number of nitrogens with one attached hydrogen (secondary N) is 1. The molecule has 0 bridgehead atoms. The van der Waals surface area contributed by atoms with Crippen LogP contribution in [0.15, 0.2) is 16.8 Å². The molecule has 1 amide bonds. The van der Waals surface area contributed by atoms with Gasteiger partial charge in [0.15, 0.2) is 0 Å². The Morgan fingerprint density at radius 1 is 1.71 bits per heavy atom. The van der Waals surface area contributed by atoms with E-state index in [1.165, 1.54) is 5.56 Å². The minimum Gasteiger partial charge on any atom is -0.322 e. The first-order chi connectivity index (χ1) is 6.83. The van der Waals surface area contributed by atoms with Crippen molar-refractivity contribution < 1.29 is 4.79 Å². The first kappa shape index (κ1) is 9.68. The van der Waals surface area contributed by atoms with Gasteiger partial charge in [-0.15, -0.1) is 0 Å². The van der Waals surface area contributed by atoms with Crippen molar-refractivity contribution in [1.82, 2.24) is 10.2 Å². The van der Waals surface area contributed by atoms with Gasteiger partial charge >= 0.3 is 0 Å². The summed E-state index contributed by atoms with van der Waals surface area (Å²) in [6.07, 6.45) is 1.11. The lowest BCUT2D eigenvalue weighted by Crippen LogP contribution is -2.30. The average molecular weight is 210 g/mol. The number of thiophene rings is 1. The Morgan fingerprint density at radius 2 is 2.57 bits per heavy atom. The molecule has 14 heavy (non-hydrogen) atoms. The van der Waals surface area contributed by atoms with Crippen molar-refractivity contribution in [3.8, 4) is 0 Å². The maximum absolute atomic E-state index is 11.5. The van der Waals surface area contributed by atoms with E-state index >= 15 is 0 Å². The molecule has 2 rings (SSSR count). The fourth-order valence-electron chi connectivity index (χ4n) is 1.76. The average Bonchev–Trinajstić information content (AvgIpc) is 2.77. The summed E-state index contributed by atoms with van der Waals surface area (Å²) >= 11 is 1.67. The molecule has 3 nitrogen and oxygen atoms in total. The number of carbonyl (C=O) groups is 1. The van der Waals surface area contributed by atoms with E-state index in [1.807, 2.05) is 10.3 Å². The lowest BCUT2D eigenvalue weighted by molar-refractivity contribution is -0.128. The summed E-state index contributed by atoms with van der Waals surface area (Å²) in [5, 5.41) is 7.37. The second-order valence-corrected chi connectivity index (χ2v) is 4.21. The third kappa shape index (κ3) is 1.67. The molecule has 1 aromatic heterocycles. The summed E-state index contributed by atoms with van der Waals surface area (Å²) in [5.74, 6) is 0.211. The fourth-order valence-corrected chi connectivity index (χ4v) is 2.44. The van der Waals surface area contributed by atoms with E-state index in [4.69, 9.17) is 0 Å². The Bertz CT molecular complexity index is 310. The van der Waals surface area contributed by atoms with Crippen LogP contribution < -0.4 is 5.32 Å². The summed E-state index contributed by atoms with van der Waals surface area (Å²) < 4.78 is 0. The van der Waals surface area contributed by atoms with E-state index < -0.39 is 0 Å². The minimum absolute atomic E-state index is 0.105. The molecule has 1 aliphatic heterocycles. The molecule has 76 valence electrons. The van der Waals surface area contributed by atoms with Crippen LogP contribution in [0.25, 0.3) is 0 Å². The standard InChI is InChI=1S/C10H14N2OS/c1-2-4-12-9(13)6-11-10(12)8-3-5-14-7-8/h3,5,7,10-11H,2,4,6H2,1H3. The molecular formula is C10H14N2OS. The van der Waals surface area contributed by atoms with Gasteiger partial charge in [-0.1, -0.05) is 6.92 Å². The van der Waals surface area contributed by atoms with Gasteiger partial charge in [0.05, 0.1) is 6.54 Å². The maximum Gasteiger partial charge on any atom is 0.238 e. The van der Waals surface area contributed by atoms with Crippen molar-refractivity contribution in [2.45, 2.75) is 19.5 Å². The number of hydrogen-bond donors (Lipinski definition) is 1. The molecule has 0 aromatic carbocycles. The lowest BCUT2D eigenvalue weighted by Gasteiger charge is -2.22. The topological polar surface area (TPSA) is 32.3 Å². The normalized spacial score (nSPS) is 21.9. The van der Waals surface area contributed by atoms with E-state index in [9.17, 15) is 4.79 Å². The molecule has 1 N–H and O–H groups in total. The molecule has 1 saturated heterocycles. The van der Waals surface area contributed by atoms with Gasteiger partial charge < -0.3 is 4.90 Å². The van der Waals surface area contributed by atoms with Gasteiger partial charge in [0, 0.05) is 6.54 Å². The summed E-state index contributed by atoms with van der Waals surface area (Å²) in [6, 6.07) is 2.07. The number of rotatable bonds is 3. The molecule has 1 unspecified atom stereocenters. The molecule has 1 fully saturated rings. The van der Waals surface area contributed by atoms with Crippen LogP contribution in [0.4, 0.5) is 0 Å². The van der Waals surface area contributed by atoms with Crippen molar-refractivity contribution in [1.29, 1.82) is 0 Å². The molecule has 4 heteroatoms. The van der Waals surface area contributed by atoms with Crippen LogP contribution in [0.1, 0.15) is 25.1 Å². The third-order valence-electron chi connectivity index (χ3n) is 2.40. The van der Waals surface area contributed by atoms with Gasteiger partial charge in [0.1, 0.15) is 6.17 Å². The highest BCUT2D eigenvalue weighted by molar-refractivity contribution is 7.07. The first-order valence-corrected chi connectivity index (χ1v) is 5.82. The van der Waals surface area contributed by atoms with Gasteiger partial charge in [-0.2, -0.15) is 11.3 Å². The highest BCUT2D eigenvalue weighted by Gasteiger charge is 2.30. The van der Waals surface area contributed by atoms with Gasteiger partial charge in [0.2, 0.25) is 5.91 Å². The lowest BCUT2D eigenvalue weighted by atomic mass is 10.2. The zero-order valence-electron chi connectivity index (χ0n) is 8.19. The van der Waals surface area contributed by atoms with Crippen LogP contribution in [-0.4, -0.2) is 23.9 Å². The molecule has 1 atom stereocenters. The van der Waals surface area contributed by atoms with Crippen LogP contribution >= 0.6 is 11.3 Å². The molecule has 0 saturated carbocycles.